The number of halogens is 1. The quantitative estimate of drug-likeness (QED) is 0.850. The molecule has 0 bridgehead atoms. The van der Waals surface area contributed by atoms with Gasteiger partial charge in [-0.05, 0) is 49.9 Å². The Bertz CT molecular complexity index is 406. The van der Waals surface area contributed by atoms with E-state index in [-0.39, 0.29) is 0 Å². The van der Waals surface area contributed by atoms with E-state index in [1.807, 2.05) is 20.8 Å². The zero-order chi connectivity index (χ0) is 13.7. The first-order chi connectivity index (χ1) is 8.45. The molecule has 0 aliphatic heterocycles. The van der Waals surface area contributed by atoms with Crippen LogP contribution in [0.5, 0.6) is 5.75 Å². The summed E-state index contributed by atoms with van der Waals surface area (Å²) in [4.78, 5) is 11.1. The average molecular weight is 271 g/mol. The minimum absolute atomic E-state index is 0.521. The predicted octanol–water partition coefficient (Wildman–Crippen LogP) is 3.98. The number of benzene rings is 1. The Morgan fingerprint density at radius 2 is 1.94 bits per heavy atom. The van der Waals surface area contributed by atoms with Crippen molar-refractivity contribution in [1.82, 2.24) is 0 Å². The predicted molar refractivity (Wildman–Crippen MR) is 72.5 cm³/mol. The number of aryl methyl sites for hydroxylation is 2. The van der Waals surface area contributed by atoms with Gasteiger partial charge in [-0.2, -0.15) is 0 Å². The van der Waals surface area contributed by atoms with E-state index in [4.69, 9.17) is 21.4 Å². The summed E-state index contributed by atoms with van der Waals surface area (Å²) < 4.78 is 5.64. The molecule has 0 saturated carbocycles. The Morgan fingerprint density at radius 1 is 1.39 bits per heavy atom. The van der Waals surface area contributed by atoms with Crippen molar-refractivity contribution in [3.8, 4) is 5.75 Å². The van der Waals surface area contributed by atoms with Crippen molar-refractivity contribution in [2.75, 3.05) is 0 Å². The van der Waals surface area contributed by atoms with Crippen molar-refractivity contribution >= 4 is 17.6 Å². The highest BCUT2D eigenvalue weighted by Gasteiger charge is 2.20. The van der Waals surface area contributed by atoms with E-state index in [1.54, 1.807) is 12.1 Å². The maximum atomic E-state index is 11.1. The molecular formula is C14H19ClO3. The Balaban J connectivity index is 2.90. The van der Waals surface area contributed by atoms with Crippen LogP contribution in [0.4, 0.5) is 0 Å². The van der Waals surface area contributed by atoms with E-state index in [9.17, 15) is 4.79 Å². The second kappa shape index (κ2) is 6.64. The molecule has 0 saturated heterocycles. The van der Waals surface area contributed by atoms with E-state index in [0.717, 1.165) is 24.0 Å². The van der Waals surface area contributed by atoms with Gasteiger partial charge < -0.3 is 9.84 Å². The normalized spacial score (nSPS) is 12.2. The SMILES string of the molecule is CCCCC(Oc1c(C)cc(Cl)cc1C)C(=O)O. The molecule has 1 aromatic carbocycles. The summed E-state index contributed by atoms with van der Waals surface area (Å²) in [5, 5.41) is 9.78. The van der Waals surface area contributed by atoms with Gasteiger partial charge in [0.05, 0.1) is 0 Å². The van der Waals surface area contributed by atoms with E-state index in [0.29, 0.717) is 17.2 Å². The molecule has 0 amide bonds. The Kier molecular flexibility index (Phi) is 5.48. The van der Waals surface area contributed by atoms with Gasteiger partial charge in [0, 0.05) is 5.02 Å². The van der Waals surface area contributed by atoms with Gasteiger partial charge in [0.2, 0.25) is 0 Å². The number of rotatable bonds is 6. The molecule has 0 fully saturated rings. The smallest absolute Gasteiger partial charge is 0.344 e. The van der Waals surface area contributed by atoms with Crippen LogP contribution < -0.4 is 4.74 Å². The molecule has 1 atom stereocenters. The standard InChI is InChI=1S/C14H19ClO3/c1-4-5-6-12(14(16)17)18-13-9(2)7-11(15)8-10(13)3/h7-8,12H,4-6H2,1-3H3,(H,16,17). The molecule has 1 aromatic rings. The molecular weight excluding hydrogens is 252 g/mol. The zero-order valence-electron chi connectivity index (χ0n) is 11.0. The first-order valence-corrected chi connectivity index (χ1v) is 6.49. The number of carbonyl (C=O) groups is 1. The van der Waals surface area contributed by atoms with Gasteiger partial charge in [-0.15, -0.1) is 0 Å². The molecule has 0 radical (unpaired) electrons. The summed E-state index contributed by atoms with van der Waals surface area (Å²) in [6, 6.07) is 3.56. The molecule has 100 valence electrons. The zero-order valence-corrected chi connectivity index (χ0v) is 11.8. The molecule has 4 heteroatoms. The van der Waals surface area contributed by atoms with Crippen LogP contribution in [0.3, 0.4) is 0 Å². The molecule has 1 rings (SSSR count). The topological polar surface area (TPSA) is 46.5 Å². The van der Waals surface area contributed by atoms with Gasteiger partial charge in [-0.25, -0.2) is 4.79 Å². The third-order valence-corrected chi connectivity index (χ3v) is 3.00. The number of carboxylic acid groups (broad SMARTS) is 1. The lowest BCUT2D eigenvalue weighted by atomic mass is 10.1. The molecule has 1 N–H and O–H groups in total. The maximum absolute atomic E-state index is 11.1. The van der Waals surface area contributed by atoms with Crippen LogP contribution in [-0.4, -0.2) is 17.2 Å². The van der Waals surface area contributed by atoms with Crippen LogP contribution >= 0.6 is 11.6 Å². The lowest BCUT2D eigenvalue weighted by Crippen LogP contribution is -2.27. The van der Waals surface area contributed by atoms with Gasteiger partial charge in [0.1, 0.15) is 5.75 Å². The van der Waals surface area contributed by atoms with Crippen molar-refractivity contribution in [2.45, 2.75) is 46.1 Å². The third kappa shape index (κ3) is 3.91. The van der Waals surface area contributed by atoms with Crippen LogP contribution in [-0.2, 0) is 4.79 Å². The van der Waals surface area contributed by atoms with E-state index in [1.165, 1.54) is 0 Å². The molecule has 1 unspecified atom stereocenters. The van der Waals surface area contributed by atoms with Crippen molar-refractivity contribution in [3.05, 3.63) is 28.3 Å². The molecule has 0 aliphatic carbocycles. The van der Waals surface area contributed by atoms with Crippen molar-refractivity contribution < 1.29 is 14.6 Å². The molecule has 0 heterocycles. The highest BCUT2D eigenvalue weighted by molar-refractivity contribution is 6.30. The Morgan fingerprint density at radius 3 is 2.39 bits per heavy atom. The van der Waals surface area contributed by atoms with Gasteiger partial charge >= 0.3 is 5.97 Å². The van der Waals surface area contributed by atoms with Gasteiger partial charge in [0.15, 0.2) is 6.10 Å². The first kappa shape index (κ1) is 14.8. The number of aliphatic carboxylic acids is 1. The monoisotopic (exact) mass is 270 g/mol. The van der Waals surface area contributed by atoms with Crippen molar-refractivity contribution in [2.24, 2.45) is 0 Å². The second-order valence-electron chi connectivity index (χ2n) is 4.46. The molecule has 3 nitrogen and oxygen atoms in total. The second-order valence-corrected chi connectivity index (χ2v) is 4.89. The van der Waals surface area contributed by atoms with E-state index < -0.39 is 12.1 Å². The Hall–Kier alpha value is -1.22. The highest BCUT2D eigenvalue weighted by atomic mass is 35.5. The lowest BCUT2D eigenvalue weighted by Gasteiger charge is -2.18. The van der Waals surface area contributed by atoms with Gasteiger partial charge in [-0.1, -0.05) is 24.9 Å². The summed E-state index contributed by atoms with van der Waals surface area (Å²) >= 11 is 5.93. The van der Waals surface area contributed by atoms with E-state index in [2.05, 4.69) is 0 Å². The summed E-state index contributed by atoms with van der Waals surface area (Å²) in [5.41, 5.74) is 1.73. The van der Waals surface area contributed by atoms with Crippen LogP contribution in [0.15, 0.2) is 12.1 Å². The fourth-order valence-corrected chi connectivity index (χ4v) is 2.18. The summed E-state index contributed by atoms with van der Waals surface area (Å²) in [5.74, 6) is -0.292. The number of hydrogen-bond acceptors (Lipinski definition) is 2. The number of ether oxygens (including phenoxy) is 1. The fourth-order valence-electron chi connectivity index (χ4n) is 1.85. The summed E-state index contributed by atoms with van der Waals surface area (Å²) in [6.45, 7) is 5.76. The van der Waals surface area contributed by atoms with Crippen molar-refractivity contribution in [3.63, 3.8) is 0 Å². The number of hydrogen-bond donors (Lipinski definition) is 1. The summed E-state index contributed by atoms with van der Waals surface area (Å²) in [6.07, 6.45) is 1.52. The fraction of sp³-hybridized carbons (Fsp3) is 0.500. The first-order valence-electron chi connectivity index (χ1n) is 6.12. The van der Waals surface area contributed by atoms with Crippen LogP contribution in [0.25, 0.3) is 0 Å². The summed E-state index contributed by atoms with van der Waals surface area (Å²) in [7, 11) is 0. The molecule has 0 aromatic heterocycles. The van der Waals surface area contributed by atoms with Crippen molar-refractivity contribution in [1.29, 1.82) is 0 Å². The minimum Gasteiger partial charge on any atom is -0.479 e. The maximum Gasteiger partial charge on any atom is 0.344 e. The molecule has 0 aliphatic rings. The van der Waals surface area contributed by atoms with Crippen LogP contribution in [0, 0.1) is 13.8 Å². The number of carboxylic acids is 1. The Labute approximate surface area is 113 Å². The largest absolute Gasteiger partial charge is 0.479 e. The van der Waals surface area contributed by atoms with Gasteiger partial charge in [0.25, 0.3) is 0 Å². The highest BCUT2D eigenvalue weighted by Crippen LogP contribution is 2.28. The molecule has 18 heavy (non-hydrogen) atoms. The molecule has 0 spiro atoms. The third-order valence-electron chi connectivity index (χ3n) is 2.78. The van der Waals surface area contributed by atoms with Crippen LogP contribution in [0.1, 0.15) is 37.3 Å². The van der Waals surface area contributed by atoms with Gasteiger partial charge in [-0.3, -0.25) is 0 Å². The average Bonchev–Trinajstić information content (AvgIpc) is 2.26. The minimum atomic E-state index is -0.919. The van der Waals surface area contributed by atoms with E-state index >= 15 is 0 Å². The van der Waals surface area contributed by atoms with Crippen LogP contribution in [0.2, 0.25) is 5.02 Å². The lowest BCUT2D eigenvalue weighted by molar-refractivity contribution is -0.145. The number of unbranched alkanes of at least 4 members (excludes halogenated alkanes) is 1.